The van der Waals surface area contributed by atoms with Gasteiger partial charge >= 0.3 is 0 Å². The Hall–Kier alpha value is -1.84. The molecule has 3 rings (SSSR count). The van der Waals surface area contributed by atoms with Crippen LogP contribution in [0.3, 0.4) is 0 Å². The third kappa shape index (κ3) is 4.12. The lowest BCUT2D eigenvalue weighted by molar-refractivity contribution is 0.262. The number of fused-ring (bicyclic) bond motifs is 1. The Morgan fingerprint density at radius 2 is 2.30 bits per heavy atom. The molecule has 0 saturated carbocycles. The van der Waals surface area contributed by atoms with E-state index in [-0.39, 0.29) is 30.0 Å². The number of halogens is 1. The minimum Gasteiger partial charge on any atom is -0.493 e. The van der Waals surface area contributed by atoms with Crippen molar-refractivity contribution in [1.82, 2.24) is 20.1 Å². The van der Waals surface area contributed by atoms with E-state index in [4.69, 9.17) is 10.5 Å². The monoisotopic (exact) mass is 428 g/mol. The average Bonchev–Trinajstić information content (AvgIpc) is 3.01. The first kappa shape index (κ1) is 17.5. The molecule has 0 spiro atoms. The zero-order chi connectivity index (χ0) is 15.4. The second kappa shape index (κ2) is 8.14. The molecule has 1 aromatic carbocycles. The first-order valence-corrected chi connectivity index (χ1v) is 7.42. The number of aliphatic imine (C=N–C) groups is 1. The smallest absolute Gasteiger partial charge is 0.189 e. The molecule has 1 aliphatic rings. The van der Waals surface area contributed by atoms with Crippen molar-refractivity contribution in [2.75, 3.05) is 6.61 Å². The molecule has 1 aromatic heterocycles. The van der Waals surface area contributed by atoms with Crippen LogP contribution in [0.5, 0.6) is 5.75 Å². The molecule has 0 saturated heterocycles. The Labute approximate surface area is 152 Å². The van der Waals surface area contributed by atoms with Gasteiger partial charge < -0.3 is 20.4 Å². The summed E-state index contributed by atoms with van der Waals surface area (Å²) in [4.78, 5) is 4.36. The zero-order valence-corrected chi connectivity index (χ0v) is 15.3. The molecule has 0 fully saturated rings. The largest absolute Gasteiger partial charge is 0.493 e. The number of ether oxygens (including phenoxy) is 1. The Balaban J connectivity index is 0.00000192. The summed E-state index contributed by atoms with van der Waals surface area (Å²) in [5.74, 6) is 2.12. The second-order valence-electron chi connectivity index (χ2n) is 5.11. The molecular weight excluding hydrogens is 407 g/mol. The highest BCUT2D eigenvalue weighted by atomic mass is 127. The molecular formula is C15H21IN6O. The fraction of sp³-hybridized carbons (Fsp3) is 0.400. The SMILES string of the molecule is CCn1cnnc1CN=C(N)NC1CCOc2ccccc21.I. The minimum absolute atomic E-state index is 0. The zero-order valence-electron chi connectivity index (χ0n) is 13.0. The topological polar surface area (TPSA) is 90.4 Å². The van der Waals surface area contributed by atoms with Crippen molar-refractivity contribution < 1.29 is 4.74 Å². The van der Waals surface area contributed by atoms with Crippen molar-refractivity contribution in [1.29, 1.82) is 0 Å². The van der Waals surface area contributed by atoms with Gasteiger partial charge in [0, 0.05) is 18.5 Å². The third-order valence-corrected chi connectivity index (χ3v) is 3.71. The molecule has 0 aliphatic carbocycles. The highest BCUT2D eigenvalue weighted by molar-refractivity contribution is 14.0. The molecule has 0 bridgehead atoms. The number of nitrogens with zero attached hydrogens (tertiary/aromatic N) is 4. The molecule has 3 N–H and O–H groups in total. The van der Waals surface area contributed by atoms with E-state index >= 15 is 0 Å². The summed E-state index contributed by atoms with van der Waals surface area (Å²) in [6.45, 7) is 3.94. The maximum atomic E-state index is 6.01. The van der Waals surface area contributed by atoms with Crippen molar-refractivity contribution >= 4 is 29.9 Å². The van der Waals surface area contributed by atoms with Gasteiger partial charge in [-0.2, -0.15) is 0 Å². The van der Waals surface area contributed by atoms with E-state index < -0.39 is 0 Å². The molecule has 7 nitrogen and oxygen atoms in total. The van der Waals surface area contributed by atoms with E-state index in [1.165, 1.54) is 0 Å². The van der Waals surface area contributed by atoms with Gasteiger partial charge in [-0.15, -0.1) is 34.2 Å². The van der Waals surface area contributed by atoms with Crippen molar-refractivity contribution in [3.05, 3.63) is 42.0 Å². The first-order valence-electron chi connectivity index (χ1n) is 7.42. The number of nitrogens with two attached hydrogens (primary N) is 1. The Kier molecular flexibility index (Phi) is 6.20. The Bertz CT molecular complexity index is 671. The number of hydrogen-bond acceptors (Lipinski definition) is 4. The van der Waals surface area contributed by atoms with E-state index in [1.807, 2.05) is 35.8 Å². The molecule has 1 unspecified atom stereocenters. The summed E-state index contributed by atoms with van der Waals surface area (Å²) in [6, 6.07) is 8.11. The fourth-order valence-corrected chi connectivity index (χ4v) is 2.54. The lowest BCUT2D eigenvalue weighted by atomic mass is 10.0. The van der Waals surface area contributed by atoms with Crippen molar-refractivity contribution in [3.63, 3.8) is 0 Å². The van der Waals surface area contributed by atoms with Crippen LogP contribution in [-0.4, -0.2) is 27.3 Å². The van der Waals surface area contributed by atoms with Crippen molar-refractivity contribution in [3.8, 4) is 5.75 Å². The molecule has 124 valence electrons. The third-order valence-electron chi connectivity index (χ3n) is 3.71. The summed E-state index contributed by atoms with van der Waals surface area (Å²) in [6.07, 6.45) is 2.56. The van der Waals surface area contributed by atoms with Crippen LogP contribution in [0, 0.1) is 0 Å². The van der Waals surface area contributed by atoms with Gasteiger partial charge in [0.2, 0.25) is 0 Å². The highest BCUT2D eigenvalue weighted by Crippen LogP contribution is 2.31. The van der Waals surface area contributed by atoms with Crippen LogP contribution in [0.25, 0.3) is 0 Å². The van der Waals surface area contributed by atoms with Crippen molar-refractivity contribution in [2.45, 2.75) is 32.5 Å². The molecule has 1 atom stereocenters. The van der Waals surface area contributed by atoms with E-state index in [1.54, 1.807) is 6.33 Å². The van der Waals surface area contributed by atoms with Crippen LogP contribution >= 0.6 is 24.0 Å². The fourth-order valence-electron chi connectivity index (χ4n) is 2.54. The van der Waals surface area contributed by atoms with Gasteiger partial charge in [-0.1, -0.05) is 18.2 Å². The van der Waals surface area contributed by atoms with E-state index in [0.717, 1.165) is 30.1 Å². The van der Waals surface area contributed by atoms with Gasteiger partial charge in [0.15, 0.2) is 11.8 Å². The number of guanidine groups is 1. The second-order valence-corrected chi connectivity index (χ2v) is 5.11. The predicted octanol–water partition coefficient (Wildman–Crippen LogP) is 1.84. The highest BCUT2D eigenvalue weighted by Gasteiger charge is 2.21. The molecule has 2 heterocycles. The summed E-state index contributed by atoms with van der Waals surface area (Å²) in [5.41, 5.74) is 7.12. The molecule has 8 heteroatoms. The summed E-state index contributed by atoms with van der Waals surface area (Å²) >= 11 is 0. The number of aryl methyl sites for hydroxylation is 1. The summed E-state index contributed by atoms with van der Waals surface area (Å²) in [5, 5.41) is 11.2. The lowest BCUT2D eigenvalue weighted by Crippen LogP contribution is -2.37. The van der Waals surface area contributed by atoms with Crippen LogP contribution in [0.15, 0.2) is 35.6 Å². The quantitative estimate of drug-likeness (QED) is 0.441. The molecule has 0 radical (unpaired) electrons. The van der Waals surface area contributed by atoms with Gasteiger partial charge in [-0.05, 0) is 13.0 Å². The maximum absolute atomic E-state index is 6.01. The maximum Gasteiger partial charge on any atom is 0.189 e. The van der Waals surface area contributed by atoms with E-state index in [9.17, 15) is 0 Å². The summed E-state index contributed by atoms with van der Waals surface area (Å²) < 4.78 is 7.59. The van der Waals surface area contributed by atoms with Crippen LogP contribution in [0.2, 0.25) is 0 Å². The van der Waals surface area contributed by atoms with Gasteiger partial charge in [-0.25, -0.2) is 4.99 Å². The molecule has 2 aromatic rings. The standard InChI is InChI=1S/C15H20N6O.HI/c1-2-21-10-18-20-14(21)9-17-15(16)19-12-7-8-22-13-6-4-3-5-11(12)13;/h3-6,10,12H,2,7-9H2,1H3,(H3,16,17,19);1H. The minimum atomic E-state index is 0. The van der Waals surface area contributed by atoms with Crippen LogP contribution in [0.4, 0.5) is 0 Å². The Morgan fingerprint density at radius 1 is 1.48 bits per heavy atom. The van der Waals surface area contributed by atoms with Crippen LogP contribution in [0.1, 0.15) is 30.8 Å². The van der Waals surface area contributed by atoms with Gasteiger partial charge in [0.25, 0.3) is 0 Å². The number of para-hydroxylation sites is 1. The molecule has 0 amide bonds. The van der Waals surface area contributed by atoms with E-state index in [2.05, 4.69) is 20.5 Å². The number of aromatic nitrogens is 3. The average molecular weight is 428 g/mol. The lowest BCUT2D eigenvalue weighted by Gasteiger charge is -2.26. The summed E-state index contributed by atoms with van der Waals surface area (Å²) in [7, 11) is 0. The normalized spacial score (nSPS) is 16.9. The van der Waals surface area contributed by atoms with Crippen molar-refractivity contribution in [2.24, 2.45) is 10.7 Å². The number of benzene rings is 1. The van der Waals surface area contributed by atoms with E-state index in [0.29, 0.717) is 19.1 Å². The number of hydrogen-bond donors (Lipinski definition) is 2. The predicted molar refractivity (Wildman–Crippen MR) is 98.9 cm³/mol. The molecule has 1 aliphatic heterocycles. The van der Waals surface area contributed by atoms with Crippen LogP contribution in [-0.2, 0) is 13.1 Å². The van der Waals surface area contributed by atoms with Crippen LogP contribution < -0.4 is 15.8 Å². The molecule has 23 heavy (non-hydrogen) atoms. The van der Waals surface area contributed by atoms with Gasteiger partial charge in [-0.3, -0.25) is 0 Å². The number of nitrogens with one attached hydrogen (secondary N) is 1. The first-order chi connectivity index (χ1) is 10.8. The number of rotatable bonds is 4. The Morgan fingerprint density at radius 3 is 3.13 bits per heavy atom. The van der Waals surface area contributed by atoms with Gasteiger partial charge in [0.1, 0.15) is 18.6 Å². The van der Waals surface area contributed by atoms with Gasteiger partial charge in [0.05, 0.1) is 12.6 Å².